The van der Waals surface area contributed by atoms with E-state index in [4.69, 9.17) is 4.43 Å². The van der Waals surface area contributed by atoms with Crippen molar-refractivity contribution in [2.24, 2.45) is 17.8 Å². The summed E-state index contributed by atoms with van der Waals surface area (Å²) in [6.07, 6.45) is 9.02. The van der Waals surface area contributed by atoms with E-state index in [-0.39, 0.29) is 41.9 Å². The second kappa shape index (κ2) is 17.9. The SMILES string of the molecule is CCC/C(=C\c1ccc(O)c2ccccc12)CC[C@@H](O)C1=C(CO[Si](c2ccccc2)(c2ccccc2)C(C)(C)C)C[C@H]2C(=O)N(C3CCCCC3)C(=O)[C@H]2[C@H]1CO. The van der Waals surface area contributed by atoms with Crippen molar-refractivity contribution in [1.82, 2.24) is 4.90 Å². The normalized spacial score (nSPS) is 21.5. The van der Waals surface area contributed by atoms with Crippen molar-refractivity contribution in [3.8, 4) is 5.75 Å². The molecule has 0 spiro atoms. The number of amides is 2. The molecule has 8 heteroatoms. The van der Waals surface area contributed by atoms with Crippen LogP contribution in [0.15, 0.2) is 114 Å². The summed E-state index contributed by atoms with van der Waals surface area (Å²) in [5.74, 6) is -2.09. The van der Waals surface area contributed by atoms with E-state index in [1.54, 1.807) is 11.0 Å². The number of phenols is 1. The molecule has 3 aliphatic rings. The van der Waals surface area contributed by atoms with Crippen LogP contribution in [0.3, 0.4) is 0 Å². The van der Waals surface area contributed by atoms with E-state index in [1.165, 1.54) is 5.57 Å². The van der Waals surface area contributed by atoms with Crippen molar-refractivity contribution in [3.05, 3.63) is 119 Å². The number of allylic oxidation sites excluding steroid dienone is 1. The van der Waals surface area contributed by atoms with Gasteiger partial charge in [-0.15, -0.1) is 0 Å². The fourth-order valence-corrected chi connectivity index (χ4v) is 15.0. The van der Waals surface area contributed by atoms with Gasteiger partial charge in [0.15, 0.2) is 0 Å². The number of benzene rings is 4. The lowest BCUT2D eigenvalue weighted by molar-refractivity contribution is -0.143. The van der Waals surface area contributed by atoms with Crippen LogP contribution in [-0.2, 0) is 14.0 Å². The summed E-state index contributed by atoms with van der Waals surface area (Å²) in [4.78, 5) is 30.4. The number of aliphatic hydroxyl groups excluding tert-OH is 2. The molecule has 1 aliphatic heterocycles. The van der Waals surface area contributed by atoms with E-state index in [0.29, 0.717) is 24.8 Å². The van der Waals surface area contributed by atoms with Crippen LogP contribution in [-0.4, -0.2) is 65.7 Å². The molecule has 2 fully saturated rings. The molecule has 3 N–H and O–H groups in total. The average Bonchev–Trinajstić information content (AvgIpc) is 3.49. The third-order valence-electron chi connectivity index (χ3n) is 13.2. The summed E-state index contributed by atoms with van der Waals surface area (Å²) < 4.78 is 7.47. The lowest BCUT2D eigenvalue weighted by Gasteiger charge is -2.44. The van der Waals surface area contributed by atoms with Crippen molar-refractivity contribution in [1.29, 1.82) is 0 Å². The molecule has 4 aromatic carbocycles. The molecule has 4 atom stereocenters. The molecule has 58 heavy (non-hydrogen) atoms. The predicted molar refractivity (Wildman–Crippen MR) is 235 cm³/mol. The van der Waals surface area contributed by atoms with Crippen LogP contribution in [0.25, 0.3) is 16.8 Å². The van der Waals surface area contributed by atoms with Gasteiger partial charge in [-0.3, -0.25) is 14.5 Å². The maximum atomic E-state index is 14.4. The van der Waals surface area contributed by atoms with Gasteiger partial charge in [0, 0.05) is 17.3 Å². The first-order valence-corrected chi connectivity index (χ1v) is 23.4. The number of aromatic hydroxyl groups is 1. The highest BCUT2D eigenvalue weighted by atomic mass is 28.4. The number of imide groups is 1. The number of likely N-dealkylation sites (tertiary alicyclic amines) is 1. The van der Waals surface area contributed by atoms with Crippen LogP contribution in [0.2, 0.25) is 5.04 Å². The zero-order valence-electron chi connectivity index (χ0n) is 34.7. The molecule has 0 unspecified atom stereocenters. The molecule has 7 rings (SSSR count). The van der Waals surface area contributed by atoms with E-state index in [1.807, 2.05) is 42.5 Å². The minimum Gasteiger partial charge on any atom is -0.507 e. The molecule has 2 amide bonds. The zero-order valence-corrected chi connectivity index (χ0v) is 35.7. The standard InChI is InChI=1S/C50H61NO6Si/c1-5-17-34(30-35-27-29-44(53)41-25-16-15-24-40(35)41)26-28-45(54)46-36(31-42-47(43(46)32-52)49(56)51(48(42)55)37-18-9-6-10-19-37)33-57-58(50(2,3)4,38-20-11-7-12-21-38)39-22-13-8-14-23-39/h7-8,11-16,20-25,27,29-30,37,42-43,45,47,52-54H,5-6,9-10,17-19,26,28,31-33H2,1-4H3/b34-30+/t42-,43+,45-,47-/m1/s1. The van der Waals surface area contributed by atoms with Crippen LogP contribution < -0.4 is 10.4 Å². The lowest BCUT2D eigenvalue weighted by atomic mass is 9.68. The summed E-state index contributed by atoms with van der Waals surface area (Å²) >= 11 is 0. The molecule has 1 heterocycles. The Balaban J connectivity index is 1.28. The first-order valence-electron chi connectivity index (χ1n) is 21.5. The van der Waals surface area contributed by atoms with Gasteiger partial charge in [-0.2, -0.15) is 0 Å². The Bertz CT molecular complexity index is 2090. The summed E-state index contributed by atoms with van der Waals surface area (Å²) in [7, 11) is -3.02. The van der Waals surface area contributed by atoms with Crippen molar-refractivity contribution in [2.75, 3.05) is 13.2 Å². The summed E-state index contributed by atoms with van der Waals surface area (Å²) in [6, 6.07) is 32.3. The number of hydrogen-bond donors (Lipinski definition) is 3. The molecule has 1 saturated heterocycles. The number of fused-ring (bicyclic) bond motifs is 2. The largest absolute Gasteiger partial charge is 0.507 e. The molecule has 306 valence electrons. The topological polar surface area (TPSA) is 107 Å². The Morgan fingerprint density at radius 3 is 2.07 bits per heavy atom. The first-order chi connectivity index (χ1) is 28.0. The highest BCUT2D eigenvalue weighted by Crippen LogP contribution is 2.48. The van der Waals surface area contributed by atoms with Gasteiger partial charge in [-0.1, -0.05) is 156 Å². The Morgan fingerprint density at radius 1 is 0.845 bits per heavy atom. The van der Waals surface area contributed by atoms with Crippen LogP contribution >= 0.6 is 0 Å². The Kier molecular flexibility index (Phi) is 12.9. The predicted octanol–water partition coefficient (Wildman–Crippen LogP) is 8.69. The van der Waals surface area contributed by atoms with Gasteiger partial charge in [0.1, 0.15) is 5.75 Å². The van der Waals surface area contributed by atoms with Crippen LogP contribution in [0.4, 0.5) is 0 Å². The van der Waals surface area contributed by atoms with E-state index in [9.17, 15) is 24.9 Å². The third-order valence-corrected chi connectivity index (χ3v) is 18.2. The Morgan fingerprint density at radius 2 is 1.47 bits per heavy atom. The number of phenolic OH excluding ortho intramolecular Hbond substituents is 1. The quantitative estimate of drug-likeness (QED) is 0.0670. The molecular weight excluding hydrogens is 739 g/mol. The molecule has 0 aromatic heterocycles. The molecule has 1 saturated carbocycles. The van der Waals surface area contributed by atoms with Crippen molar-refractivity contribution in [2.45, 2.75) is 109 Å². The minimum atomic E-state index is -3.02. The molecule has 2 aliphatic carbocycles. The minimum absolute atomic E-state index is 0.110. The van der Waals surface area contributed by atoms with Gasteiger partial charge in [-0.05, 0) is 82.1 Å². The smallest absolute Gasteiger partial charge is 0.261 e. The number of carbonyl (C=O) groups is 2. The van der Waals surface area contributed by atoms with Gasteiger partial charge in [-0.25, -0.2) is 0 Å². The fraction of sp³-hybridized carbons (Fsp3) is 0.440. The maximum absolute atomic E-state index is 14.4. The number of hydrogen-bond acceptors (Lipinski definition) is 6. The van der Waals surface area contributed by atoms with Crippen molar-refractivity contribution in [3.63, 3.8) is 0 Å². The second-order valence-electron chi connectivity index (χ2n) is 17.8. The van der Waals surface area contributed by atoms with Gasteiger partial charge in [0.25, 0.3) is 8.32 Å². The second-order valence-corrected chi connectivity index (χ2v) is 22.1. The number of aliphatic hydroxyl groups is 2. The summed E-state index contributed by atoms with van der Waals surface area (Å²) in [5, 5.41) is 38.0. The highest BCUT2D eigenvalue weighted by Gasteiger charge is 2.57. The number of rotatable bonds is 14. The van der Waals surface area contributed by atoms with Crippen LogP contribution in [0.5, 0.6) is 5.75 Å². The molecule has 0 bridgehead atoms. The highest BCUT2D eigenvalue weighted by molar-refractivity contribution is 6.99. The lowest BCUT2D eigenvalue weighted by Crippen LogP contribution is -2.66. The van der Waals surface area contributed by atoms with E-state index in [2.05, 4.69) is 82.3 Å². The van der Waals surface area contributed by atoms with Crippen LogP contribution in [0, 0.1) is 17.8 Å². The molecule has 4 aromatic rings. The number of carbonyl (C=O) groups excluding carboxylic acids is 2. The number of nitrogens with zero attached hydrogens (tertiary/aromatic N) is 1. The first kappa shape index (κ1) is 41.8. The van der Waals surface area contributed by atoms with Crippen molar-refractivity contribution < 1.29 is 29.3 Å². The molecule has 0 radical (unpaired) electrons. The van der Waals surface area contributed by atoms with Gasteiger partial charge in [0.2, 0.25) is 11.8 Å². The van der Waals surface area contributed by atoms with E-state index in [0.717, 1.165) is 77.2 Å². The van der Waals surface area contributed by atoms with E-state index < -0.39 is 32.2 Å². The van der Waals surface area contributed by atoms with E-state index >= 15 is 0 Å². The van der Waals surface area contributed by atoms with Crippen molar-refractivity contribution >= 4 is 47.4 Å². The molecular formula is C50H61NO6Si. The van der Waals surface area contributed by atoms with Crippen LogP contribution in [0.1, 0.15) is 97.5 Å². The summed E-state index contributed by atoms with van der Waals surface area (Å²) in [5.41, 5.74) is 3.68. The third kappa shape index (κ3) is 8.01. The summed E-state index contributed by atoms with van der Waals surface area (Å²) in [6.45, 7) is 8.68. The van der Waals surface area contributed by atoms with Gasteiger partial charge >= 0.3 is 0 Å². The monoisotopic (exact) mass is 799 g/mol. The Labute approximate surface area is 345 Å². The fourth-order valence-electron chi connectivity index (χ4n) is 10.5. The maximum Gasteiger partial charge on any atom is 0.261 e. The molecule has 7 nitrogen and oxygen atoms in total. The Hall–Kier alpha value is -4.34. The van der Waals surface area contributed by atoms with Gasteiger partial charge in [0.05, 0.1) is 31.2 Å². The zero-order chi connectivity index (χ0) is 41.0. The average molecular weight is 800 g/mol. The van der Waals surface area contributed by atoms with Gasteiger partial charge < -0.3 is 19.7 Å².